The molecular weight excluding hydrogens is 388 g/mol. The van der Waals surface area contributed by atoms with Crippen LogP contribution in [0.1, 0.15) is 65.0 Å². The predicted molar refractivity (Wildman–Crippen MR) is 104 cm³/mol. The molecular formula is C23H28O7. The maximum absolute atomic E-state index is 13.7. The molecule has 4 rings (SSSR count). The second-order valence-electron chi connectivity index (χ2n) is 9.62. The molecule has 30 heavy (non-hydrogen) atoms. The number of ether oxygens (including phenoxy) is 2. The van der Waals surface area contributed by atoms with Gasteiger partial charge in [-0.2, -0.15) is 0 Å². The van der Waals surface area contributed by atoms with Gasteiger partial charge in [0.05, 0.1) is 18.4 Å². The van der Waals surface area contributed by atoms with Crippen molar-refractivity contribution in [1.82, 2.24) is 0 Å². The third kappa shape index (κ3) is 3.01. The first-order valence-corrected chi connectivity index (χ1v) is 10.5. The van der Waals surface area contributed by atoms with E-state index in [1.54, 1.807) is 12.3 Å². The molecule has 162 valence electrons. The van der Waals surface area contributed by atoms with Crippen LogP contribution in [-0.4, -0.2) is 29.6 Å². The van der Waals surface area contributed by atoms with Gasteiger partial charge in [0.1, 0.15) is 11.9 Å². The maximum Gasteiger partial charge on any atom is 0.310 e. The van der Waals surface area contributed by atoms with Crippen molar-refractivity contribution in [2.75, 3.05) is 0 Å². The average Bonchev–Trinajstić information content (AvgIpc) is 3.17. The fourth-order valence-corrected chi connectivity index (χ4v) is 6.59. The molecule has 3 aliphatic rings. The van der Waals surface area contributed by atoms with Gasteiger partial charge in [-0.25, -0.2) is 0 Å². The number of Topliss-reactive ketones (excluding diaryl/α,β-unsaturated/α-hetero) is 2. The van der Waals surface area contributed by atoms with Crippen LogP contribution in [0, 0.1) is 28.6 Å². The first-order chi connectivity index (χ1) is 14.1. The lowest BCUT2D eigenvalue weighted by atomic mass is 9.42. The summed E-state index contributed by atoms with van der Waals surface area (Å²) in [6.07, 6.45) is 3.39. The normalized spacial score (nSPS) is 40.7. The summed E-state index contributed by atoms with van der Waals surface area (Å²) in [5.74, 6) is -2.50. The molecule has 1 unspecified atom stereocenters. The Hall–Kier alpha value is -2.44. The van der Waals surface area contributed by atoms with Crippen molar-refractivity contribution in [3.63, 3.8) is 0 Å². The molecule has 1 aromatic heterocycles. The van der Waals surface area contributed by atoms with E-state index >= 15 is 0 Å². The van der Waals surface area contributed by atoms with E-state index in [1.807, 2.05) is 13.8 Å². The van der Waals surface area contributed by atoms with Crippen molar-refractivity contribution >= 4 is 23.5 Å². The molecule has 2 aliphatic carbocycles. The lowest BCUT2D eigenvalue weighted by Gasteiger charge is -2.61. The molecule has 0 amide bonds. The Morgan fingerprint density at radius 1 is 1.17 bits per heavy atom. The van der Waals surface area contributed by atoms with Crippen molar-refractivity contribution in [3.8, 4) is 0 Å². The topological polar surface area (TPSA) is 99.9 Å². The quantitative estimate of drug-likeness (QED) is 0.696. The van der Waals surface area contributed by atoms with Crippen LogP contribution in [0.15, 0.2) is 23.0 Å². The predicted octanol–water partition coefficient (Wildman–Crippen LogP) is 3.42. The first-order valence-electron chi connectivity index (χ1n) is 10.5. The number of esters is 2. The van der Waals surface area contributed by atoms with E-state index in [0.29, 0.717) is 19.3 Å². The van der Waals surface area contributed by atoms with Gasteiger partial charge in [0.25, 0.3) is 0 Å². The van der Waals surface area contributed by atoms with Crippen molar-refractivity contribution in [1.29, 1.82) is 0 Å². The van der Waals surface area contributed by atoms with Gasteiger partial charge in [-0.15, -0.1) is 0 Å². The molecule has 7 atom stereocenters. The molecule has 0 aromatic carbocycles. The Kier molecular flexibility index (Phi) is 4.90. The van der Waals surface area contributed by atoms with Crippen molar-refractivity contribution in [2.24, 2.45) is 28.6 Å². The standard InChI is InChI=1S/C23H28O7/c1-12(24)16-9-17(29-13(2)25)19(26)20-22(16,3)7-5-15-21(27)30-18(10-23(15,20)4)14-6-8-28-11-14/h6,8,11,15-18,20H,5,7,9-10H2,1-4H3/t15?,16-,17-,18+,20-,22-,23-/m0/s1. The van der Waals surface area contributed by atoms with Gasteiger partial charge >= 0.3 is 11.9 Å². The monoisotopic (exact) mass is 416 g/mol. The van der Waals surface area contributed by atoms with Crippen LogP contribution < -0.4 is 0 Å². The highest BCUT2D eigenvalue weighted by atomic mass is 16.6. The number of carbonyl (C=O) groups excluding carboxylic acids is 4. The minimum atomic E-state index is -0.963. The molecule has 0 spiro atoms. The van der Waals surface area contributed by atoms with E-state index in [4.69, 9.17) is 13.9 Å². The van der Waals surface area contributed by atoms with Crippen molar-refractivity contribution in [2.45, 2.75) is 65.6 Å². The zero-order valence-electron chi connectivity index (χ0n) is 17.8. The molecule has 0 radical (unpaired) electrons. The zero-order chi connectivity index (χ0) is 21.8. The lowest BCUT2D eigenvalue weighted by molar-refractivity contribution is -0.207. The Morgan fingerprint density at radius 2 is 1.90 bits per heavy atom. The summed E-state index contributed by atoms with van der Waals surface area (Å²) in [6.45, 7) is 6.74. The average molecular weight is 416 g/mol. The van der Waals surface area contributed by atoms with Gasteiger partial charge in [0.2, 0.25) is 0 Å². The second-order valence-corrected chi connectivity index (χ2v) is 9.62. The van der Waals surface area contributed by atoms with E-state index in [9.17, 15) is 19.2 Å². The third-order valence-electron chi connectivity index (χ3n) is 7.82. The number of ketones is 2. The number of hydrogen-bond donors (Lipinski definition) is 0. The maximum atomic E-state index is 13.7. The van der Waals surface area contributed by atoms with E-state index < -0.39 is 46.8 Å². The summed E-state index contributed by atoms with van der Waals surface area (Å²) in [5.41, 5.74) is -0.560. The molecule has 1 aromatic rings. The SMILES string of the molecule is CC(=O)O[C@H]1C[C@@H](C(C)=O)[C@]2(C)CCC3C(=O)O[C@@H](c4ccoc4)C[C@]3(C)[C@H]2C1=O. The molecule has 7 heteroatoms. The van der Waals surface area contributed by atoms with Crippen LogP contribution in [0.3, 0.4) is 0 Å². The van der Waals surface area contributed by atoms with Gasteiger partial charge < -0.3 is 13.9 Å². The summed E-state index contributed by atoms with van der Waals surface area (Å²) in [7, 11) is 0. The summed E-state index contributed by atoms with van der Waals surface area (Å²) >= 11 is 0. The Labute approximate surface area is 175 Å². The van der Waals surface area contributed by atoms with E-state index in [-0.39, 0.29) is 24.0 Å². The number of carbonyl (C=O) groups is 4. The van der Waals surface area contributed by atoms with Gasteiger partial charge in [-0.3, -0.25) is 19.2 Å². The number of cyclic esters (lactones) is 1. The van der Waals surface area contributed by atoms with Crippen LogP contribution in [0.5, 0.6) is 0 Å². The minimum Gasteiger partial charge on any atom is -0.472 e. The largest absolute Gasteiger partial charge is 0.472 e. The van der Waals surface area contributed by atoms with E-state index in [2.05, 4.69) is 0 Å². The van der Waals surface area contributed by atoms with E-state index in [1.165, 1.54) is 20.1 Å². The summed E-state index contributed by atoms with van der Waals surface area (Å²) in [5, 5.41) is 0. The molecule has 0 N–H and O–H groups in total. The van der Waals surface area contributed by atoms with E-state index in [0.717, 1.165) is 5.56 Å². The Morgan fingerprint density at radius 3 is 2.50 bits per heavy atom. The Bertz CT molecular complexity index is 887. The number of hydrogen-bond acceptors (Lipinski definition) is 7. The summed E-state index contributed by atoms with van der Waals surface area (Å²) in [6, 6.07) is 1.76. The molecule has 1 aliphatic heterocycles. The molecule has 0 bridgehead atoms. The summed E-state index contributed by atoms with van der Waals surface area (Å²) in [4.78, 5) is 50.9. The molecule has 3 fully saturated rings. The first kappa shape index (κ1) is 20.8. The highest BCUT2D eigenvalue weighted by Gasteiger charge is 2.67. The van der Waals surface area contributed by atoms with Crippen LogP contribution >= 0.6 is 0 Å². The van der Waals surface area contributed by atoms with Crippen LogP contribution in [-0.2, 0) is 28.7 Å². The summed E-state index contributed by atoms with van der Waals surface area (Å²) < 4.78 is 16.2. The zero-order valence-corrected chi connectivity index (χ0v) is 17.8. The number of rotatable bonds is 3. The van der Waals surface area contributed by atoms with Gasteiger partial charge in [-0.1, -0.05) is 13.8 Å². The smallest absolute Gasteiger partial charge is 0.310 e. The lowest BCUT2D eigenvalue weighted by Crippen LogP contribution is -2.64. The minimum absolute atomic E-state index is 0.0148. The highest BCUT2D eigenvalue weighted by molar-refractivity contribution is 5.93. The van der Waals surface area contributed by atoms with Gasteiger partial charge in [0, 0.05) is 30.7 Å². The molecule has 1 saturated heterocycles. The van der Waals surface area contributed by atoms with Gasteiger partial charge in [0.15, 0.2) is 11.9 Å². The van der Waals surface area contributed by atoms with Crippen LogP contribution in [0.25, 0.3) is 0 Å². The highest BCUT2D eigenvalue weighted by Crippen LogP contribution is 2.65. The fraction of sp³-hybridized carbons (Fsp3) is 0.652. The van der Waals surface area contributed by atoms with Gasteiger partial charge in [-0.05, 0) is 43.1 Å². The molecule has 2 heterocycles. The molecule has 2 saturated carbocycles. The Balaban J connectivity index is 1.79. The van der Waals surface area contributed by atoms with Crippen LogP contribution in [0.4, 0.5) is 0 Å². The number of furan rings is 1. The fourth-order valence-electron chi connectivity index (χ4n) is 6.59. The molecule has 7 nitrogen and oxygen atoms in total. The third-order valence-corrected chi connectivity index (χ3v) is 7.82. The van der Waals surface area contributed by atoms with Crippen LogP contribution in [0.2, 0.25) is 0 Å². The van der Waals surface area contributed by atoms with Crippen molar-refractivity contribution in [3.05, 3.63) is 24.2 Å². The number of fused-ring (bicyclic) bond motifs is 3. The van der Waals surface area contributed by atoms with Crippen molar-refractivity contribution < 1.29 is 33.1 Å². The second kappa shape index (κ2) is 7.06.